The minimum atomic E-state index is -0.312. The van der Waals surface area contributed by atoms with Gasteiger partial charge < -0.3 is 14.8 Å². The van der Waals surface area contributed by atoms with Crippen LogP contribution < -0.4 is 5.32 Å². The number of anilines is 1. The molecular formula is C19H24FN5O. The molecule has 2 aliphatic rings. The molecule has 1 aromatic heterocycles. The maximum atomic E-state index is 13.0. The first-order valence-electron chi connectivity index (χ1n) is 9.44. The molecule has 26 heavy (non-hydrogen) atoms. The molecule has 0 spiro atoms. The van der Waals surface area contributed by atoms with Crippen molar-refractivity contribution in [1.82, 2.24) is 19.7 Å². The van der Waals surface area contributed by atoms with Crippen LogP contribution in [0.4, 0.5) is 14.9 Å². The molecule has 138 valence electrons. The summed E-state index contributed by atoms with van der Waals surface area (Å²) in [4.78, 5) is 14.4. The van der Waals surface area contributed by atoms with Crippen LogP contribution in [0.1, 0.15) is 49.7 Å². The first-order chi connectivity index (χ1) is 12.7. The van der Waals surface area contributed by atoms with E-state index in [9.17, 15) is 9.18 Å². The summed E-state index contributed by atoms with van der Waals surface area (Å²) in [5, 5.41) is 11.7. The Bertz CT molecular complexity index is 773. The largest absolute Gasteiger partial charge is 0.324 e. The highest BCUT2D eigenvalue weighted by atomic mass is 19.1. The van der Waals surface area contributed by atoms with E-state index < -0.39 is 0 Å². The van der Waals surface area contributed by atoms with Gasteiger partial charge in [0.15, 0.2) is 0 Å². The SMILES string of the molecule is O=C(Nc1ccc(F)cc1)N1CCC[C@@H](c2nnc3n2CCCCC3)C1. The summed E-state index contributed by atoms with van der Waals surface area (Å²) in [5.41, 5.74) is 0.606. The molecule has 0 saturated carbocycles. The summed E-state index contributed by atoms with van der Waals surface area (Å²) < 4.78 is 15.3. The number of benzene rings is 1. The highest BCUT2D eigenvalue weighted by Crippen LogP contribution is 2.28. The molecule has 0 radical (unpaired) electrons. The second kappa shape index (κ2) is 7.43. The van der Waals surface area contributed by atoms with Gasteiger partial charge in [-0.05, 0) is 49.9 Å². The molecule has 1 fully saturated rings. The lowest BCUT2D eigenvalue weighted by Gasteiger charge is -2.32. The van der Waals surface area contributed by atoms with E-state index in [2.05, 4.69) is 20.1 Å². The zero-order chi connectivity index (χ0) is 17.9. The Hall–Kier alpha value is -2.44. The number of nitrogens with zero attached hydrogens (tertiary/aromatic N) is 4. The molecule has 1 atom stereocenters. The van der Waals surface area contributed by atoms with Crippen LogP contribution in [0.3, 0.4) is 0 Å². The molecule has 1 saturated heterocycles. The van der Waals surface area contributed by atoms with E-state index in [4.69, 9.17) is 0 Å². The lowest BCUT2D eigenvalue weighted by atomic mass is 9.97. The lowest BCUT2D eigenvalue weighted by Crippen LogP contribution is -2.42. The number of carbonyl (C=O) groups is 1. The molecule has 6 nitrogen and oxygen atoms in total. The first-order valence-corrected chi connectivity index (χ1v) is 9.44. The van der Waals surface area contributed by atoms with Gasteiger partial charge in [-0.25, -0.2) is 9.18 Å². The molecule has 4 rings (SSSR count). The quantitative estimate of drug-likeness (QED) is 0.894. The zero-order valence-corrected chi connectivity index (χ0v) is 14.8. The van der Waals surface area contributed by atoms with Gasteiger partial charge in [0.1, 0.15) is 17.5 Å². The summed E-state index contributed by atoms with van der Waals surface area (Å²) in [5.74, 6) is 2.03. The van der Waals surface area contributed by atoms with Crippen LogP contribution in [0.15, 0.2) is 24.3 Å². The maximum absolute atomic E-state index is 13.0. The molecule has 2 aliphatic heterocycles. The Morgan fingerprint density at radius 2 is 1.92 bits per heavy atom. The first kappa shape index (κ1) is 17.0. The van der Waals surface area contributed by atoms with Crippen LogP contribution in [0, 0.1) is 5.82 Å². The van der Waals surface area contributed by atoms with E-state index >= 15 is 0 Å². The Morgan fingerprint density at radius 3 is 2.77 bits per heavy atom. The molecule has 1 N–H and O–H groups in total. The normalized spacial score (nSPS) is 20.3. The van der Waals surface area contributed by atoms with Gasteiger partial charge in [-0.2, -0.15) is 0 Å². The highest BCUT2D eigenvalue weighted by Gasteiger charge is 2.29. The molecule has 1 aromatic carbocycles. The van der Waals surface area contributed by atoms with Crippen LogP contribution >= 0.6 is 0 Å². The third-order valence-electron chi connectivity index (χ3n) is 5.31. The number of rotatable bonds is 2. The van der Waals surface area contributed by atoms with E-state index in [1.807, 2.05) is 4.90 Å². The van der Waals surface area contributed by atoms with Crippen molar-refractivity contribution in [3.63, 3.8) is 0 Å². The van der Waals surface area contributed by atoms with Gasteiger partial charge in [0.2, 0.25) is 0 Å². The van der Waals surface area contributed by atoms with Crippen molar-refractivity contribution >= 4 is 11.7 Å². The summed E-state index contributed by atoms with van der Waals surface area (Å²) in [6.45, 7) is 2.35. The number of aromatic nitrogens is 3. The summed E-state index contributed by atoms with van der Waals surface area (Å²) in [6.07, 6.45) is 6.55. The van der Waals surface area contributed by atoms with Crippen molar-refractivity contribution in [3.8, 4) is 0 Å². The Labute approximate surface area is 152 Å². The van der Waals surface area contributed by atoms with E-state index in [0.29, 0.717) is 12.2 Å². The molecule has 2 amide bonds. The zero-order valence-electron chi connectivity index (χ0n) is 14.8. The Kier molecular flexibility index (Phi) is 4.86. The third kappa shape index (κ3) is 3.57. The molecule has 2 aromatic rings. The van der Waals surface area contributed by atoms with Crippen molar-refractivity contribution < 1.29 is 9.18 Å². The van der Waals surface area contributed by atoms with Crippen LogP contribution in [0.2, 0.25) is 0 Å². The number of urea groups is 1. The molecule has 0 aliphatic carbocycles. The Balaban J connectivity index is 1.45. The number of hydrogen-bond donors (Lipinski definition) is 1. The number of hydrogen-bond acceptors (Lipinski definition) is 3. The van der Waals surface area contributed by atoms with Crippen LogP contribution in [-0.2, 0) is 13.0 Å². The fraction of sp³-hybridized carbons (Fsp3) is 0.526. The van der Waals surface area contributed by atoms with E-state index in [1.54, 1.807) is 12.1 Å². The van der Waals surface area contributed by atoms with Crippen LogP contribution in [-0.4, -0.2) is 38.8 Å². The van der Waals surface area contributed by atoms with Gasteiger partial charge >= 0.3 is 6.03 Å². The van der Waals surface area contributed by atoms with Crippen molar-refractivity contribution in [3.05, 3.63) is 41.7 Å². The average molecular weight is 357 g/mol. The second-order valence-electron chi connectivity index (χ2n) is 7.16. The average Bonchev–Trinajstić information content (AvgIpc) is 2.92. The second-order valence-corrected chi connectivity index (χ2v) is 7.16. The van der Waals surface area contributed by atoms with Crippen LogP contribution in [0.25, 0.3) is 0 Å². The van der Waals surface area contributed by atoms with Crippen molar-refractivity contribution in [2.75, 3.05) is 18.4 Å². The monoisotopic (exact) mass is 357 g/mol. The van der Waals surface area contributed by atoms with Crippen molar-refractivity contribution in [1.29, 1.82) is 0 Å². The standard InChI is InChI=1S/C19H24FN5O/c20-15-7-9-16(10-8-15)21-19(26)24-11-4-5-14(13-24)18-23-22-17-6-2-1-3-12-25(17)18/h7-10,14H,1-6,11-13H2,(H,21,26)/t14-/m1/s1. The Morgan fingerprint density at radius 1 is 1.08 bits per heavy atom. The van der Waals surface area contributed by atoms with Crippen LogP contribution in [0.5, 0.6) is 0 Å². The predicted octanol–water partition coefficient (Wildman–Crippen LogP) is 3.56. The minimum Gasteiger partial charge on any atom is -0.324 e. The molecule has 0 unspecified atom stereocenters. The number of amides is 2. The van der Waals surface area contributed by atoms with Gasteiger partial charge in [0.25, 0.3) is 0 Å². The highest BCUT2D eigenvalue weighted by molar-refractivity contribution is 5.89. The number of carbonyl (C=O) groups excluding carboxylic acids is 1. The smallest absolute Gasteiger partial charge is 0.321 e. The van der Waals surface area contributed by atoms with E-state index in [-0.39, 0.29) is 17.8 Å². The van der Waals surface area contributed by atoms with Gasteiger partial charge in [-0.15, -0.1) is 10.2 Å². The summed E-state index contributed by atoms with van der Waals surface area (Å²) >= 11 is 0. The number of nitrogens with one attached hydrogen (secondary N) is 1. The third-order valence-corrected chi connectivity index (χ3v) is 5.31. The number of piperidine rings is 1. The lowest BCUT2D eigenvalue weighted by molar-refractivity contribution is 0.190. The number of fused-ring (bicyclic) bond motifs is 1. The molecule has 3 heterocycles. The van der Waals surface area contributed by atoms with Gasteiger partial charge in [-0.1, -0.05) is 6.42 Å². The fourth-order valence-electron chi connectivity index (χ4n) is 3.92. The maximum Gasteiger partial charge on any atom is 0.321 e. The molecule has 7 heteroatoms. The van der Waals surface area contributed by atoms with Gasteiger partial charge in [0, 0.05) is 37.7 Å². The van der Waals surface area contributed by atoms with Crippen molar-refractivity contribution in [2.45, 2.75) is 51.0 Å². The molecular weight excluding hydrogens is 333 g/mol. The summed E-state index contributed by atoms with van der Waals surface area (Å²) in [7, 11) is 0. The number of likely N-dealkylation sites (tertiary alicyclic amines) is 1. The van der Waals surface area contributed by atoms with E-state index in [1.165, 1.54) is 31.4 Å². The number of aryl methyl sites for hydroxylation is 1. The molecule has 0 bridgehead atoms. The predicted molar refractivity (Wildman–Crippen MR) is 96.5 cm³/mol. The number of halogens is 1. The van der Waals surface area contributed by atoms with Gasteiger partial charge in [-0.3, -0.25) is 0 Å². The minimum absolute atomic E-state index is 0.142. The van der Waals surface area contributed by atoms with E-state index in [0.717, 1.165) is 44.0 Å². The summed E-state index contributed by atoms with van der Waals surface area (Å²) in [6, 6.07) is 5.71. The fourth-order valence-corrected chi connectivity index (χ4v) is 3.92. The van der Waals surface area contributed by atoms with Crippen molar-refractivity contribution in [2.24, 2.45) is 0 Å². The van der Waals surface area contributed by atoms with Gasteiger partial charge in [0.05, 0.1) is 0 Å². The topological polar surface area (TPSA) is 63.1 Å².